The van der Waals surface area contributed by atoms with Gasteiger partial charge >= 0.3 is 5.97 Å². The van der Waals surface area contributed by atoms with Crippen molar-refractivity contribution in [3.05, 3.63) is 40.5 Å². The van der Waals surface area contributed by atoms with Crippen LogP contribution in [0.4, 0.5) is 0 Å². The van der Waals surface area contributed by atoms with E-state index in [1.165, 1.54) is 0 Å². The van der Waals surface area contributed by atoms with Gasteiger partial charge in [-0.3, -0.25) is 9.78 Å². The minimum Gasteiger partial charge on any atom is -0.481 e. The second kappa shape index (κ2) is 4.34. The van der Waals surface area contributed by atoms with Crippen LogP contribution in [0.25, 0.3) is 10.9 Å². The number of aromatic nitrogens is 1. The summed E-state index contributed by atoms with van der Waals surface area (Å²) < 4.78 is 0. The molecule has 0 saturated carbocycles. The summed E-state index contributed by atoms with van der Waals surface area (Å²) >= 11 is 5.90. The molecule has 1 aromatic carbocycles. The van der Waals surface area contributed by atoms with Crippen molar-refractivity contribution >= 4 is 28.5 Å². The molecular weight excluding hydrogens is 238 g/mol. The van der Waals surface area contributed by atoms with Gasteiger partial charge in [0.2, 0.25) is 0 Å². The molecule has 0 aliphatic carbocycles. The van der Waals surface area contributed by atoms with E-state index in [2.05, 4.69) is 4.98 Å². The van der Waals surface area contributed by atoms with Crippen molar-refractivity contribution in [2.24, 2.45) is 0 Å². The SMILES string of the molecule is Cc1cc2cc(Cl)ccc2nc1C(C)C(=O)O. The van der Waals surface area contributed by atoms with E-state index in [1.807, 2.05) is 19.1 Å². The molecular formula is C13H12ClNO2. The van der Waals surface area contributed by atoms with Gasteiger partial charge in [-0.15, -0.1) is 0 Å². The standard InChI is InChI=1S/C13H12ClNO2/c1-7-5-9-6-10(14)3-4-11(9)15-12(7)8(2)13(16)17/h3-6,8H,1-2H3,(H,16,17). The summed E-state index contributed by atoms with van der Waals surface area (Å²) in [5, 5.41) is 10.6. The van der Waals surface area contributed by atoms with Crippen molar-refractivity contribution < 1.29 is 9.90 Å². The highest BCUT2D eigenvalue weighted by atomic mass is 35.5. The summed E-state index contributed by atoms with van der Waals surface area (Å²) in [5.41, 5.74) is 2.24. The number of carboxylic acid groups (broad SMARTS) is 1. The van der Waals surface area contributed by atoms with Crippen LogP contribution < -0.4 is 0 Å². The maximum absolute atomic E-state index is 11.0. The molecule has 0 spiro atoms. The monoisotopic (exact) mass is 249 g/mol. The lowest BCUT2D eigenvalue weighted by molar-refractivity contribution is -0.138. The fourth-order valence-electron chi connectivity index (χ4n) is 1.82. The molecule has 17 heavy (non-hydrogen) atoms. The van der Waals surface area contributed by atoms with E-state index in [-0.39, 0.29) is 0 Å². The van der Waals surface area contributed by atoms with Crippen LogP contribution in [0, 0.1) is 6.92 Å². The molecule has 1 aromatic heterocycles. The van der Waals surface area contributed by atoms with Gasteiger partial charge in [-0.2, -0.15) is 0 Å². The largest absolute Gasteiger partial charge is 0.481 e. The van der Waals surface area contributed by atoms with E-state index in [0.29, 0.717) is 10.7 Å². The van der Waals surface area contributed by atoms with Gasteiger partial charge in [-0.25, -0.2) is 0 Å². The van der Waals surface area contributed by atoms with E-state index >= 15 is 0 Å². The molecule has 2 rings (SSSR count). The molecule has 0 amide bonds. The van der Waals surface area contributed by atoms with Gasteiger partial charge in [0, 0.05) is 10.4 Å². The third-order valence-corrected chi connectivity index (χ3v) is 3.02. The lowest BCUT2D eigenvalue weighted by Gasteiger charge is -2.10. The van der Waals surface area contributed by atoms with Crippen molar-refractivity contribution in [2.75, 3.05) is 0 Å². The molecule has 0 radical (unpaired) electrons. The van der Waals surface area contributed by atoms with Crippen LogP contribution in [-0.4, -0.2) is 16.1 Å². The Bertz CT molecular complexity index is 595. The van der Waals surface area contributed by atoms with Gasteiger partial charge in [-0.05, 0) is 43.7 Å². The summed E-state index contributed by atoms with van der Waals surface area (Å²) in [6, 6.07) is 7.30. The average Bonchev–Trinajstić information content (AvgIpc) is 2.27. The lowest BCUT2D eigenvalue weighted by Crippen LogP contribution is -2.11. The first-order valence-corrected chi connectivity index (χ1v) is 5.66. The van der Waals surface area contributed by atoms with Crippen molar-refractivity contribution in [3.8, 4) is 0 Å². The Labute approximate surface area is 104 Å². The molecule has 0 bridgehead atoms. The van der Waals surface area contributed by atoms with Crippen molar-refractivity contribution in [2.45, 2.75) is 19.8 Å². The number of nitrogens with zero attached hydrogens (tertiary/aromatic N) is 1. The predicted molar refractivity (Wildman–Crippen MR) is 67.5 cm³/mol. The number of fused-ring (bicyclic) bond motifs is 1. The summed E-state index contributed by atoms with van der Waals surface area (Å²) in [5.74, 6) is -1.47. The van der Waals surface area contributed by atoms with Crippen LogP contribution >= 0.6 is 11.6 Å². The number of aryl methyl sites for hydroxylation is 1. The van der Waals surface area contributed by atoms with Gasteiger partial charge < -0.3 is 5.11 Å². The van der Waals surface area contributed by atoms with Gasteiger partial charge in [0.1, 0.15) is 0 Å². The Hall–Kier alpha value is -1.61. The van der Waals surface area contributed by atoms with Crippen LogP contribution in [0.2, 0.25) is 5.02 Å². The molecule has 1 heterocycles. The molecule has 1 atom stereocenters. The Morgan fingerprint density at radius 1 is 1.41 bits per heavy atom. The Kier molecular flexibility index (Phi) is 3.03. The Balaban J connectivity index is 2.63. The second-order valence-corrected chi connectivity index (χ2v) is 4.52. The number of hydrogen-bond acceptors (Lipinski definition) is 2. The first kappa shape index (κ1) is 11.9. The number of halogens is 1. The van der Waals surface area contributed by atoms with Crippen molar-refractivity contribution in [1.82, 2.24) is 4.98 Å². The number of hydrogen-bond donors (Lipinski definition) is 1. The van der Waals surface area contributed by atoms with Crippen LogP contribution in [0.5, 0.6) is 0 Å². The first-order chi connectivity index (χ1) is 7.99. The van der Waals surface area contributed by atoms with Gasteiger partial charge in [0.05, 0.1) is 17.1 Å². The minimum absolute atomic E-state index is 0.602. The lowest BCUT2D eigenvalue weighted by atomic mass is 10.0. The van der Waals surface area contributed by atoms with E-state index < -0.39 is 11.9 Å². The number of carboxylic acids is 1. The Morgan fingerprint density at radius 3 is 2.76 bits per heavy atom. The molecule has 3 nitrogen and oxygen atoms in total. The zero-order chi connectivity index (χ0) is 12.6. The molecule has 1 unspecified atom stereocenters. The molecule has 0 aliphatic rings. The van der Waals surface area contributed by atoms with E-state index in [4.69, 9.17) is 16.7 Å². The summed E-state index contributed by atoms with van der Waals surface area (Å²) in [7, 11) is 0. The third-order valence-electron chi connectivity index (χ3n) is 2.79. The Morgan fingerprint density at radius 2 is 2.12 bits per heavy atom. The van der Waals surface area contributed by atoms with Crippen molar-refractivity contribution in [3.63, 3.8) is 0 Å². The number of benzene rings is 1. The van der Waals surface area contributed by atoms with Gasteiger partial charge in [0.15, 0.2) is 0 Å². The van der Waals surface area contributed by atoms with E-state index in [0.717, 1.165) is 16.5 Å². The molecule has 2 aromatic rings. The fourth-order valence-corrected chi connectivity index (χ4v) is 2.00. The minimum atomic E-state index is -0.867. The van der Waals surface area contributed by atoms with Crippen LogP contribution in [0.3, 0.4) is 0 Å². The number of pyridine rings is 1. The van der Waals surface area contributed by atoms with Gasteiger partial charge in [0.25, 0.3) is 0 Å². The maximum atomic E-state index is 11.0. The van der Waals surface area contributed by atoms with Crippen LogP contribution in [-0.2, 0) is 4.79 Å². The highest BCUT2D eigenvalue weighted by Crippen LogP contribution is 2.24. The van der Waals surface area contributed by atoms with Crippen molar-refractivity contribution in [1.29, 1.82) is 0 Å². The maximum Gasteiger partial charge on any atom is 0.312 e. The first-order valence-electron chi connectivity index (χ1n) is 5.28. The average molecular weight is 250 g/mol. The molecule has 1 N–H and O–H groups in total. The fraction of sp³-hybridized carbons (Fsp3) is 0.231. The molecule has 0 aliphatic heterocycles. The quantitative estimate of drug-likeness (QED) is 0.888. The van der Waals surface area contributed by atoms with Gasteiger partial charge in [-0.1, -0.05) is 11.6 Å². The second-order valence-electron chi connectivity index (χ2n) is 4.09. The smallest absolute Gasteiger partial charge is 0.312 e. The normalized spacial score (nSPS) is 12.6. The molecule has 0 fully saturated rings. The summed E-state index contributed by atoms with van der Waals surface area (Å²) in [6.07, 6.45) is 0. The van der Waals surface area contributed by atoms with Crippen LogP contribution in [0.15, 0.2) is 24.3 Å². The molecule has 4 heteroatoms. The molecule has 0 saturated heterocycles. The highest BCUT2D eigenvalue weighted by Gasteiger charge is 2.18. The topological polar surface area (TPSA) is 50.2 Å². The van der Waals surface area contributed by atoms with Crippen LogP contribution in [0.1, 0.15) is 24.1 Å². The zero-order valence-electron chi connectivity index (χ0n) is 9.57. The number of aliphatic carboxylic acids is 1. The molecule has 88 valence electrons. The number of rotatable bonds is 2. The highest BCUT2D eigenvalue weighted by molar-refractivity contribution is 6.31. The van der Waals surface area contributed by atoms with E-state index in [9.17, 15) is 4.79 Å². The zero-order valence-corrected chi connectivity index (χ0v) is 10.3. The predicted octanol–water partition coefficient (Wildman–Crippen LogP) is 3.38. The summed E-state index contributed by atoms with van der Waals surface area (Å²) in [6.45, 7) is 3.50. The number of carbonyl (C=O) groups is 1. The third kappa shape index (κ3) is 2.24. The summed E-state index contributed by atoms with van der Waals surface area (Å²) in [4.78, 5) is 15.4. The van der Waals surface area contributed by atoms with E-state index in [1.54, 1.807) is 19.1 Å².